The Morgan fingerprint density at radius 1 is 1.37 bits per heavy atom. The highest BCUT2D eigenvalue weighted by Crippen LogP contribution is 2.24. The van der Waals surface area contributed by atoms with Gasteiger partial charge in [0, 0.05) is 41.5 Å². The SMILES string of the molecule is Cc1cc(C(=O)COC(=O)[C@H]2CC(=O)N(Cc3ccco3)C2)c(C)n1-c1nccs1. The van der Waals surface area contributed by atoms with Crippen LogP contribution in [0.4, 0.5) is 0 Å². The third-order valence-electron chi connectivity index (χ3n) is 5.16. The van der Waals surface area contributed by atoms with Crippen molar-refractivity contribution >= 4 is 29.0 Å². The molecule has 0 radical (unpaired) electrons. The fourth-order valence-electron chi connectivity index (χ4n) is 3.67. The molecular weight excluding hydrogens is 406 g/mol. The number of nitrogens with zero attached hydrogens (tertiary/aromatic N) is 3. The molecule has 0 spiro atoms. The summed E-state index contributed by atoms with van der Waals surface area (Å²) in [4.78, 5) is 43.1. The van der Waals surface area contributed by atoms with Gasteiger partial charge in [-0.15, -0.1) is 11.3 Å². The number of furan rings is 1. The fourth-order valence-corrected chi connectivity index (χ4v) is 4.42. The summed E-state index contributed by atoms with van der Waals surface area (Å²) in [6.45, 7) is 3.95. The minimum atomic E-state index is -0.581. The predicted octanol–water partition coefficient (Wildman–Crippen LogP) is 2.92. The first-order valence-corrected chi connectivity index (χ1v) is 10.4. The lowest BCUT2D eigenvalue weighted by Crippen LogP contribution is -2.27. The number of amides is 1. The van der Waals surface area contributed by atoms with Crippen molar-refractivity contribution in [3.63, 3.8) is 0 Å². The van der Waals surface area contributed by atoms with E-state index < -0.39 is 11.9 Å². The molecule has 4 heterocycles. The second-order valence-corrected chi connectivity index (χ2v) is 8.09. The average Bonchev–Trinajstić information content (AvgIpc) is 3.50. The molecule has 1 atom stereocenters. The third kappa shape index (κ3) is 3.93. The standard InChI is InChI=1S/C21H21N3O5S/c1-13-8-17(14(2)24(13)21-22-5-7-30-21)18(25)12-29-20(27)15-9-19(26)23(10-15)11-16-4-3-6-28-16/h3-8,15H,9-12H2,1-2H3/t15-/m0/s1. The molecule has 156 valence electrons. The van der Waals surface area contributed by atoms with Gasteiger partial charge in [-0.05, 0) is 32.0 Å². The number of likely N-dealkylation sites (tertiary alicyclic amines) is 1. The van der Waals surface area contributed by atoms with Crippen LogP contribution < -0.4 is 0 Å². The van der Waals surface area contributed by atoms with Gasteiger partial charge in [-0.3, -0.25) is 19.0 Å². The van der Waals surface area contributed by atoms with Crippen LogP contribution in [0.15, 0.2) is 40.5 Å². The lowest BCUT2D eigenvalue weighted by atomic mass is 10.1. The molecule has 1 amide bonds. The van der Waals surface area contributed by atoms with Crippen molar-refractivity contribution in [1.82, 2.24) is 14.5 Å². The monoisotopic (exact) mass is 427 g/mol. The number of esters is 1. The molecule has 0 aliphatic carbocycles. The van der Waals surface area contributed by atoms with E-state index in [1.807, 2.05) is 23.8 Å². The lowest BCUT2D eigenvalue weighted by molar-refractivity contribution is -0.147. The summed E-state index contributed by atoms with van der Waals surface area (Å²) < 4.78 is 12.4. The van der Waals surface area contributed by atoms with Crippen LogP contribution in [0.1, 0.15) is 33.9 Å². The quantitative estimate of drug-likeness (QED) is 0.425. The topological polar surface area (TPSA) is 94.6 Å². The highest BCUT2D eigenvalue weighted by Gasteiger charge is 2.36. The molecule has 0 bridgehead atoms. The van der Waals surface area contributed by atoms with Crippen LogP contribution in [-0.2, 0) is 20.9 Å². The Hall–Kier alpha value is -3.20. The molecule has 0 N–H and O–H groups in total. The first-order valence-electron chi connectivity index (χ1n) is 9.53. The van der Waals surface area contributed by atoms with Crippen molar-refractivity contribution in [2.45, 2.75) is 26.8 Å². The van der Waals surface area contributed by atoms with E-state index in [-0.39, 0.29) is 31.3 Å². The van der Waals surface area contributed by atoms with E-state index in [4.69, 9.17) is 9.15 Å². The predicted molar refractivity (Wildman–Crippen MR) is 108 cm³/mol. The number of carbonyl (C=O) groups is 3. The molecule has 0 aromatic carbocycles. The van der Waals surface area contributed by atoms with Crippen LogP contribution in [0.25, 0.3) is 5.13 Å². The molecule has 3 aromatic heterocycles. The molecule has 0 saturated carbocycles. The maximum Gasteiger partial charge on any atom is 0.311 e. The number of ketones is 1. The summed E-state index contributed by atoms with van der Waals surface area (Å²) in [5.41, 5.74) is 2.13. The minimum Gasteiger partial charge on any atom is -0.467 e. The van der Waals surface area contributed by atoms with Gasteiger partial charge in [0.2, 0.25) is 11.7 Å². The smallest absolute Gasteiger partial charge is 0.311 e. The number of Topliss-reactive ketones (excluding diaryl/α,β-unsaturated/α-hetero) is 1. The molecule has 1 saturated heterocycles. The summed E-state index contributed by atoms with van der Waals surface area (Å²) in [6.07, 6.45) is 3.32. The van der Waals surface area contributed by atoms with E-state index >= 15 is 0 Å². The minimum absolute atomic E-state index is 0.0757. The molecular formula is C21H21N3O5S. The Morgan fingerprint density at radius 3 is 2.90 bits per heavy atom. The number of ether oxygens (including phenoxy) is 1. The normalized spacial score (nSPS) is 16.3. The molecule has 1 aliphatic rings. The second kappa shape index (κ2) is 8.27. The highest BCUT2D eigenvalue weighted by molar-refractivity contribution is 7.12. The molecule has 30 heavy (non-hydrogen) atoms. The molecule has 4 rings (SSSR count). The van der Waals surface area contributed by atoms with Gasteiger partial charge >= 0.3 is 5.97 Å². The first kappa shape index (κ1) is 20.1. The second-order valence-electron chi connectivity index (χ2n) is 7.22. The summed E-state index contributed by atoms with van der Waals surface area (Å²) in [7, 11) is 0. The average molecular weight is 427 g/mol. The highest BCUT2D eigenvalue weighted by atomic mass is 32.1. The number of carbonyl (C=O) groups excluding carboxylic acids is 3. The number of thiazole rings is 1. The lowest BCUT2D eigenvalue weighted by Gasteiger charge is -2.14. The van der Waals surface area contributed by atoms with E-state index in [2.05, 4.69) is 4.98 Å². The van der Waals surface area contributed by atoms with E-state index in [9.17, 15) is 14.4 Å². The maximum atomic E-state index is 12.7. The van der Waals surface area contributed by atoms with Gasteiger partial charge in [-0.1, -0.05) is 0 Å². The van der Waals surface area contributed by atoms with Crippen molar-refractivity contribution in [2.24, 2.45) is 5.92 Å². The van der Waals surface area contributed by atoms with Crippen LogP contribution in [0, 0.1) is 19.8 Å². The molecule has 0 unspecified atom stereocenters. The molecule has 3 aromatic rings. The van der Waals surface area contributed by atoms with E-state index in [0.717, 1.165) is 16.5 Å². The van der Waals surface area contributed by atoms with Crippen LogP contribution in [0.3, 0.4) is 0 Å². The van der Waals surface area contributed by atoms with Crippen molar-refractivity contribution < 1.29 is 23.5 Å². The van der Waals surface area contributed by atoms with Gasteiger partial charge in [0.05, 0.1) is 18.7 Å². The molecule has 1 aliphatic heterocycles. The number of hydrogen-bond donors (Lipinski definition) is 0. The molecule has 9 heteroatoms. The summed E-state index contributed by atoms with van der Waals surface area (Å²) in [5, 5.41) is 2.65. The number of rotatable bonds is 7. The maximum absolute atomic E-state index is 12.7. The number of hydrogen-bond acceptors (Lipinski definition) is 7. The zero-order chi connectivity index (χ0) is 21.3. The van der Waals surface area contributed by atoms with Gasteiger partial charge in [-0.2, -0.15) is 0 Å². The Bertz CT molecular complexity index is 1070. The van der Waals surface area contributed by atoms with E-state index in [0.29, 0.717) is 17.9 Å². The van der Waals surface area contributed by atoms with E-state index in [1.54, 1.807) is 35.6 Å². The zero-order valence-corrected chi connectivity index (χ0v) is 17.5. The summed E-state index contributed by atoms with van der Waals surface area (Å²) in [5.74, 6) is -0.874. The van der Waals surface area contributed by atoms with Gasteiger partial charge in [0.25, 0.3) is 0 Å². The number of aromatic nitrogens is 2. The Morgan fingerprint density at radius 2 is 2.20 bits per heavy atom. The van der Waals surface area contributed by atoms with Crippen molar-refractivity contribution in [1.29, 1.82) is 0 Å². The fraction of sp³-hybridized carbons (Fsp3) is 0.333. The van der Waals surface area contributed by atoms with Crippen LogP contribution in [0.5, 0.6) is 0 Å². The van der Waals surface area contributed by atoms with Crippen molar-refractivity contribution in [2.75, 3.05) is 13.2 Å². The van der Waals surface area contributed by atoms with Gasteiger partial charge < -0.3 is 14.1 Å². The van der Waals surface area contributed by atoms with Crippen molar-refractivity contribution in [3.05, 3.63) is 58.8 Å². The van der Waals surface area contributed by atoms with Crippen LogP contribution >= 0.6 is 11.3 Å². The van der Waals surface area contributed by atoms with Crippen LogP contribution in [0.2, 0.25) is 0 Å². The Kier molecular flexibility index (Phi) is 5.54. The van der Waals surface area contributed by atoms with Gasteiger partial charge in [-0.25, -0.2) is 4.98 Å². The molecule has 8 nitrogen and oxygen atoms in total. The number of aryl methyl sites for hydroxylation is 1. The van der Waals surface area contributed by atoms with Crippen molar-refractivity contribution in [3.8, 4) is 5.13 Å². The van der Waals surface area contributed by atoms with Crippen LogP contribution in [-0.4, -0.2) is 45.3 Å². The van der Waals surface area contributed by atoms with E-state index in [1.165, 1.54) is 11.3 Å². The van der Waals surface area contributed by atoms with Gasteiger partial charge in [0.1, 0.15) is 5.76 Å². The third-order valence-corrected chi connectivity index (χ3v) is 5.92. The Balaban J connectivity index is 1.36. The first-order chi connectivity index (χ1) is 14.4. The molecule has 1 fully saturated rings. The largest absolute Gasteiger partial charge is 0.467 e. The summed E-state index contributed by atoms with van der Waals surface area (Å²) in [6, 6.07) is 5.30. The van der Waals surface area contributed by atoms with Gasteiger partial charge in [0.15, 0.2) is 11.7 Å². The summed E-state index contributed by atoms with van der Waals surface area (Å²) >= 11 is 1.48. The zero-order valence-electron chi connectivity index (χ0n) is 16.7. The Labute approximate surface area is 177 Å².